The second kappa shape index (κ2) is 6.26. The van der Waals surface area contributed by atoms with Gasteiger partial charge >= 0.3 is 0 Å². The van der Waals surface area contributed by atoms with Crippen LogP contribution in [-0.2, 0) is 6.54 Å². The molecule has 1 aliphatic rings. The molecule has 2 aromatic heterocycles. The minimum Gasteiger partial charge on any atom is -0.335 e. The lowest BCUT2D eigenvalue weighted by molar-refractivity contribution is 0.0634. The van der Waals surface area contributed by atoms with E-state index in [1.54, 1.807) is 11.3 Å². The lowest BCUT2D eigenvalue weighted by atomic mass is 10.3. The first-order valence-electron chi connectivity index (χ1n) is 6.52. The average Bonchev–Trinajstić information content (AvgIpc) is 3.11. The van der Waals surface area contributed by atoms with Crippen molar-refractivity contribution in [2.24, 2.45) is 0 Å². The van der Waals surface area contributed by atoms with Crippen LogP contribution in [0.15, 0.2) is 29.6 Å². The first kappa shape index (κ1) is 14.1. The van der Waals surface area contributed by atoms with Gasteiger partial charge in [0, 0.05) is 37.6 Å². The Balaban J connectivity index is 1.53. The van der Waals surface area contributed by atoms with Crippen molar-refractivity contribution >= 4 is 40.2 Å². The molecule has 2 aromatic rings. The van der Waals surface area contributed by atoms with Crippen molar-refractivity contribution in [3.63, 3.8) is 0 Å². The van der Waals surface area contributed by atoms with Crippen LogP contribution in [0.5, 0.6) is 0 Å². The number of nitrogens with zero attached hydrogens (tertiary/aromatic N) is 2. The molecule has 6 heteroatoms. The molecule has 0 radical (unpaired) electrons. The van der Waals surface area contributed by atoms with Gasteiger partial charge in [0.05, 0.1) is 9.21 Å². The summed E-state index contributed by atoms with van der Waals surface area (Å²) in [6.07, 6.45) is 0. The molecule has 20 heavy (non-hydrogen) atoms. The fourth-order valence-electron chi connectivity index (χ4n) is 2.32. The zero-order chi connectivity index (χ0) is 13.9. The quantitative estimate of drug-likeness (QED) is 0.863. The van der Waals surface area contributed by atoms with Gasteiger partial charge < -0.3 is 4.90 Å². The number of thiophene rings is 2. The second-order valence-corrected chi connectivity index (χ2v) is 7.50. The number of hydrogen-bond acceptors (Lipinski definition) is 4. The third kappa shape index (κ3) is 3.23. The molecule has 3 nitrogen and oxygen atoms in total. The summed E-state index contributed by atoms with van der Waals surface area (Å²) in [6, 6.07) is 7.84. The Labute approximate surface area is 131 Å². The molecule has 1 amide bonds. The minimum absolute atomic E-state index is 0.166. The molecule has 0 N–H and O–H groups in total. The van der Waals surface area contributed by atoms with Crippen LogP contribution >= 0.6 is 34.3 Å². The fraction of sp³-hybridized carbons (Fsp3) is 0.357. The number of carbonyl (C=O) groups excluding carboxylic acids is 1. The largest absolute Gasteiger partial charge is 0.335 e. The third-order valence-electron chi connectivity index (χ3n) is 3.40. The number of piperazine rings is 1. The molecule has 106 valence electrons. The van der Waals surface area contributed by atoms with Crippen LogP contribution in [0, 0.1) is 0 Å². The summed E-state index contributed by atoms with van der Waals surface area (Å²) in [7, 11) is 0. The van der Waals surface area contributed by atoms with Crippen molar-refractivity contribution in [1.29, 1.82) is 0 Å². The van der Waals surface area contributed by atoms with E-state index in [1.807, 2.05) is 28.5 Å². The number of amides is 1. The number of rotatable bonds is 3. The van der Waals surface area contributed by atoms with Gasteiger partial charge in [0.25, 0.3) is 5.91 Å². The van der Waals surface area contributed by atoms with E-state index < -0.39 is 0 Å². The Kier molecular flexibility index (Phi) is 4.41. The molecule has 3 heterocycles. The highest BCUT2D eigenvalue weighted by atomic mass is 35.5. The summed E-state index contributed by atoms with van der Waals surface area (Å²) in [4.78, 5) is 18.7. The maximum Gasteiger partial charge on any atom is 0.264 e. The Hall–Kier alpha value is -0.880. The lowest BCUT2D eigenvalue weighted by Gasteiger charge is -2.34. The van der Waals surface area contributed by atoms with Gasteiger partial charge in [0.15, 0.2) is 0 Å². The van der Waals surface area contributed by atoms with Crippen LogP contribution in [0.4, 0.5) is 0 Å². The molecule has 0 aliphatic carbocycles. The normalized spacial score (nSPS) is 16.6. The predicted molar refractivity (Wildman–Crippen MR) is 84.8 cm³/mol. The summed E-state index contributed by atoms with van der Waals surface area (Å²) in [5, 5.41) is 1.95. The third-order valence-corrected chi connectivity index (χ3v) is 5.47. The van der Waals surface area contributed by atoms with E-state index in [-0.39, 0.29) is 5.91 Å². The smallest absolute Gasteiger partial charge is 0.264 e. The topological polar surface area (TPSA) is 23.6 Å². The highest BCUT2D eigenvalue weighted by Gasteiger charge is 2.22. The summed E-state index contributed by atoms with van der Waals surface area (Å²) in [5.74, 6) is 0.166. The molecule has 3 rings (SSSR count). The maximum absolute atomic E-state index is 12.2. The van der Waals surface area contributed by atoms with Crippen molar-refractivity contribution in [1.82, 2.24) is 9.80 Å². The van der Waals surface area contributed by atoms with E-state index in [4.69, 9.17) is 11.6 Å². The van der Waals surface area contributed by atoms with E-state index in [0.29, 0.717) is 0 Å². The van der Waals surface area contributed by atoms with Crippen LogP contribution in [0.3, 0.4) is 0 Å². The minimum atomic E-state index is 0.166. The predicted octanol–water partition coefficient (Wildman–Crippen LogP) is 3.42. The van der Waals surface area contributed by atoms with E-state index in [2.05, 4.69) is 11.0 Å². The number of halogens is 1. The Morgan fingerprint density at radius 2 is 2.00 bits per heavy atom. The number of hydrogen-bond donors (Lipinski definition) is 0. The van der Waals surface area contributed by atoms with Crippen molar-refractivity contribution < 1.29 is 4.79 Å². The van der Waals surface area contributed by atoms with Gasteiger partial charge in [0.1, 0.15) is 0 Å². The molecule has 0 spiro atoms. The van der Waals surface area contributed by atoms with Gasteiger partial charge in [-0.25, -0.2) is 0 Å². The highest BCUT2D eigenvalue weighted by molar-refractivity contribution is 7.16. The van der Waals surface area contributed by atoms with Crippen LogP contribution < -0.4 is 0 Å². The summed E-state index contributed by atoms with van der Waals surface area (Å²) in [5.41, 5.74) is 0. The molecule has 1 saturated heterocycles. The SMILES string of the molecule is O=C(c1cccs1)N1CCN(Cc2ccc(Cl)s2)CC1. The first-order valence-corrected chi connectivity index (χ1v) is 8.59. The maximum atomic E-state index is 12.2. The molecule has 0 atom stereocenters. The monoisotopic (exact) mass is 326 g/mol. The van der Waals surface area contributed by atoms with Gasteiger partial charge in [-0.05, 0) is 23.6 Å². The Morgan fingerprint density at radius 3 is 2.60 bits per heavy atom. The van der Waals surface area contributed by atoms with Gasteiger partial charge in [-0.1, -0.05) is 17.7 Å². The standard InChI is InChI=1S/C14H15ClN2OS2/c15-13-4-3-11(20-13)10-16-5-7-17(8-6-16)14(18)12-2-1-9-19-12/h1-4,9H,5-8,10H2. The summed E-state index contributed by atoms with van der Waals surface area (Å²) >= 11 is 9.09. The highest BCUT2D eigenvalue weighted by Crippen LogP contribution is 2.23. The Morgan fingerprint density at radius 1 is 1.20 bits per heavy atom. The molecule has 0 saturated carbocycles. The van der Waals surface area contributed by atoms with Crippen LogP contribution in [-0.4, -0.2) is 41.9 Å². The molecule has 1 fully saturated rings. The van der Waals surface area contributed by atoms with Crippen LogP contribution in [0.1, 0.15) is 14.5 Å². The average molecular weight is 327 g/mol. The molecule has 0 aromatic carbocycles. The van der Waals surface area contributed by atoms with E-state index in [1.165, 1.54) is 16.2 Å². The molecule has 1 aliphatic heterocycles. The fourth-order valence-corrected chi connectivity index (χ4v) is 4.14. The zero-order valence-corrected chi connectivity index (χ0v) is 13.3. The van der Waals surface area contributed by atoms with E-state index >= 15 is 0 Å². The van der Waals surface area contributed by atoms with Gasteiger partial charge in [-0.15, -0.1) is 22.7 Å². The van der Waals surface area contributed by atoms with Crippen LogP contribution in [0.25, 0.3) is 0 Å². The van der Waals surface area contributed by atoms with Gasteiger partial charge in [-0.3, -0.25) is 9.69 Å². The zero-order valence-electron chi connectivity index (χ0n) is 10.9. The molecular weight excluding hydrogens is 312 g/mol. The molecule has 0 bridgehead atoms. The number of carbonyl (C=O) groups is 1. The van der Waals surface area contributed by atoms with Crippen molar-refractivity contribution in [2.75, 3.05) is 26.2 Å². The van der Waals surface area contributed by atoms with Crippen molar-refractivity contribution in [3.8, 4) is 0 Å². The van der Waals surface area contributed by atoms with Crippen molar-refractivity contribution in [2.45, 2.75) is 6.54 Å². The van der Waals surface area contributed by atoms with E-state index in [0.717, 1.165) is 41.9 Å². The lowest BCUT2D eigenvalue weighted by Crippen LogP contribution is -2.48. The molecule has 0 unspecified atom stereocenters. The second-order valence-electron chi connectivity index (χ2n) is 4.75. The van der Waals surface area contributed by atoms with Crippen LogP contribution in [0.2, 0.25) is 4.34 Å². The van der Waals surface area contributed by atoms with Crippen molar-refractivity contribution in [3.05, 3.63) is 43.7 Å². The summed E-state index contributed by atoms with van der Waals surface area (Å²) in [6.45, 7) is 4.38. The Bertz CT molecular complexity index is 574. The van der Waals surface area contributed by atoms with E-state index in [9.17, 15) is 4.79 Å². The molecular formula is C14H15ClN2OS2. The summed E-state index contributed by atoms with van der Waals surface area (Å²) < 4.78 is 0.839. The first-order chi connectivity index (χ1) is 9.72. The van der Waals surface area contributed by atoms with Gasteiger partial charge in [-0.2, -0.15) is 0 Å². The van der Waals surface area contributed by atoms with Gasteiger partial charge in [0.2, 0.25) is 0 Å².